The molecular weight excluding hydrogens is 193 g/mol. The first-order chi connectivity index (χ1) is 7.13. The van der Waals surface area contributed by atoms with Crippen molar-refractivity contribution in [2.24, 2.45) is 0 Å². The standard InChI is InChI=1S/C11H12FN3/c1-3-9-14-10-6(2)8(12)5-4-7(10)11(13)15-9/h4-5H,3H2,1-2H3,(H2,13,14,15). The molecule has 0 aliphatic heterocycles. The van der Waals surface area contributed by atoms with E-state index in [9.17, 15) is 4.39 Å². The second-order valence-electron chi connectivity index (χ2n) is 3.45. The zero-order chi connectivity index (χ0) is 11.0. The molecule has 0 atom stereocenters. The van der Waals surface area contributed by atoms with E-state index in [2.05, 4.69) is 9.97 Å². The molecule has 1 aromatic carbocycles. The average Bonchev–Trinajstić information content (AvgIpc) is 2.23. The number of hydrogen-bond acceptors (Lipinski definition) is 3. The summed E-state index contributed by atoms with van der Waals surface area (Å²) in [5.74, 6) is 0.802. The van der Waals surface area contributed by atoms with Crippen molar-refractivity contribution < 1.29 is 4.39 Å². The molecule has 2 aromatic rings. The summed E-state index contributed by atoms with van der Waals surface area (Å²) in [5, 5.41) is 0.714. The number of benzene rings is 1. The highest BCUT2D eigenvalue weighted by Gasteiger charge is 2.09. The number of nitrogen functional groups attached to an aromatic ring is 1. The van der Waals surface area contributed by atoms with E-state index in [1.807, 2.05) is 6.92 Å². The van der Waals surface area contributed by atoms with Crippen LogP contribution < -0.4 is 5.73 Å². The second kappa shape index (κ2) is 3.46. The monoisotopic (exact) mass is 205 g/mol. The van der Waals surface area contributed by atoms with Crippen molar-refractivity contribution >= 4 is 16.7 Å². The molecule has 0 unspecified atom stereocenters. The fraction of sp³-hybridized carbons (Fsp3) is 0.273. The predicted molar refractivity (Wildman–Crippen MR) is 58.0 cm³/mol. The van der Waals surface area contributed by atoms with Crippen LogP contribution in [0.15, 0.2) is 12.1 Å². The van der Waals surface area contributed by atoms with Crippen molar-refractivity contribution in [3.05, 3.63) is 29.3 Å². The Labute approximate surface area is 87.2 Å². The van der Waals surface area contributed by atoms with E-state index in [0.29, 0.717) is 34.5 Å². The molecule has 78 valence electrons. The van der Waals surface area contributed by atoms with Crippen molar-refractivity contribution in [2.45, 2.75) is 20.3 Å². The summed E-state index contributed by atoms with van der Waals surface area (Å²) < 4.78 is 13.3. The Bertz CT molecular complexity index is 523. The maximum absolute atomic E-state index is 13.3. The Morgan fingerprint density at radius 2 is 2.07 bits per heavy atom. The predicted octanol–water partition coefficient (Wildman–Crippen LogP) is 2.22. The molecule has 0 bridgehead atoms. The van der Waals surface area contributed by atoms with Gasteiger partial charge in [0.2, 0.25) is 0 Å². The molecule has 0 aliphatic rings. The third-order valence-electron chi connectivity index (χ3n) is 2.45. The van der Waals surface area contributed by atoms with Gasteiger partial charge in [-0.15, -0.1) is 0 Å². The molecule has 3 nitrogen and oxygen atoms in total. The minimum absolute atomic E-state index is 0.261. The summed E-state index contributed by atoms with van der Waals surface area (Å²) in [7, 11) is 0. The molecule has 0 spiro atoms. The van der Waals surface area contributed by atoms with E-state index in [1.54, 1.807) is 13.0 Å². The van der Waals surface area contributed by atoms with Crippen molar-refractivity contribution in [3.63, 3.8) is 0 Å². The van der Waals surface area contributed by atoms with Gasteiger partial charge < -0.3 is 5.73 Å². The summed E-state index contributed by atoms with van der Waals surface area (Å²) >= 11 is 0. The van der Waals surface area contributed by atoms with Gasteiger partial charge in [0.25, 0.3) is 0 Å². The van der Waals surface area contributed by atoms with Gasteiger partial charge in [-0.1, -0.05) is 6.92 Å². The molecule has 0 radical (unpaired) electrons. The van der Waals surface area contributed by atoms with Gasteiger partial charge in [-0.2, -0.15) is 0 Å². The van der Waals surface area contributed by atoms with Gasteiger partial charge in [0, 0.05) is 17.4 Å². The number of aromatic nitrogens is 2. The van der Waals surface area contributed by atoms with Crippen LogP contribution in [0.1, 0.15) is 18.3 Å². The molecule has 0 amide bonds. The first kappa shape index (κ1) is 9.83. The molecular formula is C11H12FN3. The Kier molecular flexibility index (Phi) is 2.26. The van der Waals surface area contributed by atoms with Crippen LogP contribution in [0.25, 0.3) is 10.9 Å². The third-order valence-corrected chi connectivity index (χ3v) is 2.45. The van der Waals surface area contributed by atoms with E-state index < -0.39 is 0 Å². The quantitative estimate of drug-likeness (QED) is 0.776. The number of rotatable bonds is 1. The van der Waals surface area contributed by atoms with E-state index in [1.165, 1.54) is 6.07 Å². The van der Waals surface area contributed by atoms with Crippen LogP contribution in [-0.4, -0.2) is 9.97 Å². The molecule has 1 heterocycles. The topological polar surface area (TPSA) is 51.8 Å². The van der Waals surface area contributed by atoms with Crippen molar-refractivity contribution in [1.29, 1.82) is 0 Å². The lowest BCUT2D eigenvalue weighted by Crippen LogP contribution is -2.01. The van der Waals surface area contributed by atoms with Crippen LogP contribution in [0.2, 0.25) is 0 Å². The van der Waals surface area contributed by atoms with Crippen molar-refractivity contribution in [3.8, 4) is 0 Å². The first-order valence-corrected chi connectivity index (χ1v) is 4.84. The Morgan fingerprint density at radius 1 is 1.33 bits per heavy atom. The van der Waals surface area contributed by atoms with Crippen LogP contribution in [0.3, 0.4) is 0 Å². The maximum Gasteiger partial charge on any atom is 0.135 e. The largest absolute Gasteiger partial charge is 0.383 e. The summed E-state index contributed by atoms with van der Waals surface area (Å²) in [6.07, 6.45) is 0.691. The summed E-state index contributed by atoms with van der Waals surface area (Å²) in [6.45, 7) is 3.64. The van der Waals surface area contributed by atoms with Crippen LogP contribution in [-0.2, 0) is 6.42 Å². The number of fused-ring (bicyclic) bond motifs is 1. The lowest BCUT2D eigenvalue weighted by atomic mass is 10.1. The fourth-order valence-electron chi connectivity index (χ4n) is 1.54. The molecule has 4 heteroatoms. The number of anilines is 1. The lowest BCUT2D eigenvalue weighted by molar-refractivity contribution is 0.620. The highest BCUT2D eigenvalue weighted by molar-refractivity contribution is 5.90. The molecule has 1 aromatic heterocycles. The summed E-state index contributed by atoms with van der Waals surface area (Å²) in [5.41, 5.74) is 6.91. The van der Waals surface area contributed by atoms with Gasteiger partial charge in [-0.05, 0) is 19.1 Å². The summed E-state index contributed by atoms with van der Waals surface area (Å²) in [4.78, 5) is 8.42. The lowest BCUT2D eigenvalue weighted by Gasteiger charge is -2.06. The minimum atomic E-state index is -0.261. The SMILES string of the molecule is CCc1nc(N)c2ccc(F)c(C)c2n1. The number of nitrogens with two attached hydrogens (primary N) is 1. The molecule has 0 aliphatic carbocycles. The molecule has 0 saturated heterocycles. The van der Waals surface area contributed by atoms with E-state index in [-0.39, 0.29) is 5.82 Å². The first-order valence-electron chi connectivity index (χ1n) is 4.84. The van der Waals surface area contributed by atoms with Gasteiger partial charge in [0.1, 0.15) is 17.5 Å². The molecule has 2 rings (SSSR count). The normalized spacial score (nSPS) is 10.9. The third kappa shape index (κ3) is 1.52. The van der Waals surface area contributed by atoms with Crippen LogP contribution in [0.5, 0.6) is 0 Å². The minimum Gasteiger partial charge on any atom is -0.383 e. The van der Waals surface area contributed by atoms with Gasteiger partial charge >= 0.3 is 0 Å². The zero-order valence-corrected chi connectivity index (χ0v) is 8.71. The fourth-order valence-corrected chi connectivity index (χ4v) is 1.54. The molecule has 0 saturated carbocycles. The number of aryl methyl sites for hydroxylation is 2. The van der Waals surface area contributed by atoms with Crippen molar-refractivity contribution in [1.82, 2.24) is 9.97 Å². The van der Waals surface area contributed by atoms with Gasteiger partial charge in [-0.3, -0.25) is 0 Å². The van der Waals surface area contributed by atoms with Crippen LogP contribution in [0, 0.1) is 12.7 Å². The van der Waals surface area contributed by atoms with Gasteiger partial charge in [-0.25, -0.2) is 14.4 Å². The van der Waals surface area contributed by atoms with E-state index in [0.717, 1.165) is 0 Å². The highest BCUT2D eigenvalue weighted by atomic mass is 19.1. The van der Waals surface area contributed by atoms with E-state index >= 15 is 0 Å². The van der Waals surface area contributed by atoms with Gasteiger partial charge in [0.05, 0.1) is 5.52 Å². The smallest absolute Gasteiger partial charge is 0.135 e. The van der Waals surface area contributed by atoms with Crippen LogP contribution in [0.4, 0.5) is 10.2 Å². The highest BCUT2D eigenvalue weighted by Crippen LogP contribution is 2.22. The Morgan fingerprint density at radius 3 is 2.73 bits per heavy atom. The molecule has 15 heavy (non-hydrogen) atoms. The molecule has 0 fully saturated rings. The Hall–Kier alpha value is -1.71. The number of nitrogens with zero attached hydrogens (tertiary/aromatic N) is 2. The molecule has 2 N–H and O–H groups in total. The zero-order valence-electron chi connectivity index (χ0n) is 8.71. The van der Waals surface area contributed by atoms with Crippen LogP contribution >= 0.6 is 0 Å². The maximum atomic E-state index is 13.3. The van der Waals surface area contributed by atoms with E-state index in [4.69, 9.17) is 5.73 Å². The summed E-state index contributed by atoms with van der Waals surface area (Å²) in [6, 6.07) is 3.01. The number of halogens is 1. The number of hydrogen-bond donors (Lipinski definition) is 1. The second-order valence-corrected chi connectivity index (χ2v) is 3.45. The average molecular weight is 205 g/mol. The Balaban J connectivity index is 2.86. The van der Waals surface area contributed by atoms with Gasteiger partial charge in [0.15, 0.2) is 0 Å². The van der Waals surface area contributed by atoms with Crippen molar-refractivity contribution in [2.75, 3.05) is 5.73 Å².